The zero-order chi connectivity index (χ0) is 22.1. The molecule has 0 saturated heterocycles. The highest BCUT2D eigenvalue weighted by Gasteiger charge is 2.16. The third-order valence-corrected chi connectivity index (χ3v) is 5.68. The van der Waals surface area contributed by atoms with E-state index >= 15 is 0 Å². The molecule has 0 fully saturated rings. The van der Waals surface area contributed by atoms with Crippen LogP contribution in [0.3, 0.4) is 0 Å². The van der Waals surface area contributed by atoms with Gasteiger partial charge in [0.25, 0.3) is 0 Å². The maximum Gasteiger partial charge on any atom is 0.161 e. The van der Waals surface area contributed by atoms with Gasteiger partial charge in [0.05, 0.1) is 34.1 Å². The molecule has 0 N–H and O–H groups in total. The van der Waals surface area contributed by atoms with Crippen LogP contribution in [0.2, 0.25) is 0 Å². The van der Waals surface area contributed by atoms with Crippen LogP contribution in [-0.2, 0) is 13.0 Å². The number of hydrogen-bond donors (Lipinski definition) is 0. The smallest absolute Gasteiger partial charge is 0.161 e. The molecule has 0 radical (unpaired) electrons. The molecular weight excluding hydrogens is 392 g/mol. The monoisotopic (exact) mass is 420 g/mol. The van der Waals surface area contributed by atoms with Crippen LogP contribution in [0.15, 0.2) is 36.5 Å². The number of fused-ring (bicyclic) bond motifs is 3. The predicted molar refractivity (Wildman–Crippen MR) is 123 cm³/mol. The van der Waals surface area contributed by atoms with E-state index in [1.54, 1.807) is 28.4 Å². The quantitative estimate of drug-likeness (QED) is 0.387. The van der Waals surface area contributed by atoms with Crippen molar-refractivity contribution in [1.82, 2.24) is 9.55 Å². The Balaban J connectivity index is 2.04. The van der Waals surface area contributed by atoms with E-state index in [1.165, 1.54) is 5.56 Å². The Morgan fingerprint density at radius 3 is 1.87 bits per heavy atom. The molecule has 0 unspecified atom stereocenters. The number of aromatic nitrogens is 2. The van der Waals surface area contributed by atoms with Gasteiger partial charge in [0.2, 0.25) is 0 Å². The first-order valence-corrected chi connectivity index (χ1v) is 10.3. The number of benzene rings is 3. The summed E-state index contributed by atoms with van der Waals surface area (Å²) in [5.41, 5.74) is 2.19. The van der Waals surface area contributed by atoms with Crippen molar-refractivity contribution in [3.05, 3.63) is 53.6 Å². The van der Waals surface area contributed by atoms with Gasteiger partial charge in [0.15, 0.2) is 23.0 Å². The average molecular weight is 421 g/mol. The van der Waals surface area contributed by atoms with Crippen molar-refractivity contribution in [2.24, 2.45) is 0 Å². The van der Waals surface area contributed by atoms with Crippen molar-refractivity contribution < 1.29 is 18.9 Å². The third-order valence-electron chi connectivity index (χ3n) is 5.68. The van der Waals surface area contributed by atoms with Crippen LogP contribution in [0.1, 0.15) is 24.0 Å². The predicted octanol–water partition coefficient (Wildman–Crippen LogP) is 5.14. The Morgan fingerprint density at radius 2 is 1.29 bits per heavy atom. The minimum atomic E-state index is 0.691. The first kappa shape index (κ1) is 20.8. The molecule has 4 rings (SSSR count). The van der Waals surface area contributed by atoms with Gasteiger partial charge in [-0.3, -0.25) is 0 Å². The Labute approximate surface area is 182 Å². The molecule has 1 aromatic heterocycles. The summed E-state index contributed by atoms with van der Waals surface area (Å²) in [7, 11) is 6.62. The van der Waals surface area contributed by atoms with Crippen LogP contribution < -0.4 is 18.9 Å². The second-order valence-corrected chi connectivity index (χ2v) is 7.50. The lowest BCUT2D eigenvalue weighted by atomic mass is 9.96. The van der Waals surface area contributed by atoms with E-state index in [0.29, 0.717) is 29.5 Å². The normalized spacial score (nSPS) is 11.2. The van der Waals surface area contributed by atoms with Gasteiger partial charge in [-0.15, -0.1) is 0 Å². The summed E-state index contributed by atoms with van der Waals surface area (Å²) in [5, 5.41) is 4.31. The zero-order valence-electron chi connectivity index (χ0n) is 18.9. The molecule has 3 aromatic carbocycles. The molecule has 0 aliphatic carbocycles. The van der Waals surface area contributed by atoms with E-state index in [0.717, 1.165) is 39.5 Å². The number of nitrogens with zero attached hydrogens (tertiary/aromatic N) is 2. The number of ether oxygens (including phenoxy) is 4. The summed E-state index contributed by atoms with van der Waals surface area (Å²) in [6, 6.07) is 10.3. The minimum absolute atomic E-state index is 0.691. The summed E-state index contributed by atoms with van der Waals surface area (Å²) in [6.07, 6.45) is 2.98. The maximum atomic E-state index is 5.60. The molecule has 0 spiro atoms. The summed E-state index contributed by atoms with van der Waals surface area (Å²) in [6.45, 7) is 4.86. The van der Waals surface area contributed by atoms with E-state index in [9.17, 15) is 0 Å². The van der Waals surface area contributed by atoms with Crippen molar-refractivity contribution in [3.63, 3.8) is 0 Å². The molecule has 6 heteroatoms. The summed E-state index contributed by atoms with van der Waals surface area (Å²) in [4.78, 5) is 4.66. The minimum Gasteiger partial charge on any atom is -0.493 e. The number of imidazole rings is 1. The largest absolute Gasteiger partial charge is 0.493 e. The Morgan fingerprint density at radius 1 is 0.742 bits per heavy atom. The van der Waals surface area contributed by atoms with Crippen molar-refractivity contribution in [2.45, 2.75) is 26.8 Å². The molecule has 31 heavy (non-hydrogen) atoms. The zero-order valence-corrected chi connectivity index (χ0v) is 18.9. The Hall–Kier alpha value is -3.41. The van der Waals surface area contributed by atoms with Crippen molar-refractivity contribution in [1.29, 1.82) is 0 Å². The lowest BCUT2D eigenvalue weighted by Gasteiger charge is -2.17. The van der Waals surface area contributed by atoms with Gasteiger partial charge in [0.1, 0.15) is 5.82 Å². The van der Waals surface area contributed by atoms with Crippen LogP contribution in [-0.4, -0.2) is 38.0 Å². The number of aryl methyl sites for hydroxylation is 2. The maximum absolute atomic E-state index is 5.60. The van der Waals surface area contributed by atoms with E-state index in [2.05, 4.69) is 34.8 Å². The second kappa shape index (κ2) is 8.38. The van der Waals surface area contributed by atoms with Crippen LogP contribution in [0.5, 0.6) is 23.0 Å². The highest BCUT2D eigenvalue weighted by atomic mass is 16.5. The van der Waals surface area contributed by atoms with E-state index in [4.69, 9.17) is 18.9 Å². The Bertz CT molecular complexity index is 1260. The van der Waals surface area contributed by atoms with Gasteiger partial charge in [-0.2, -0.15) is 0 Å². The second-order valence-electron chi connectivity index (χ2n) is 7.50. The highest BCUT2D eigenvalue weighted by molar-refractivity contribution is 6.11. The fraction of sp³-hybridized carbons (Fsp3) is 0.320. The number of methoxy groups -OCH3 is 4. The Kier molecular flexibility index (Phi) is 5.63. The van der Waals surface area contributed by atoms with Gasteiger partial charge in [-0.25, -0.2) is 4.98 Å². The van der Waals surface area contributed by atoms with Gasteiger partial charge in [0, 0.05) is 19.2 Å². The lowest BCUT2D eigenvalue weighted by molar-refractivity contribution is 0.355. The molecule has 1 heterocycles. The number of hydrogen-bond acceptors (Lipinski definition) is 5. The van der Waals surface area contributed by atoms with E-state index in [1.807, 2.05) is 25.1 Å². The molecule has 0 saturated carbocycles. The molecule has 4 aromatic rings. The summed E-state index contributed by atoms with van der Waals surface area (Å²) < 4.78 is 24.5. The average Bonchev–Trinajstić information content (AvgIpc) is 3.16. The van der Waals surface area contributed by atoms with Gasteiger partial charge in [-0.1, -0.05) is 6.92 Å². The molecule has 0 bridgehead atoms. The number of rotatable bonds is 7. The molecule has 6 nitrogen and oxygen atoms in total. The molecule has 0 amide bonds. The van der Waals surface area contributed by atoms with Gasteiger partial charge >= 0.3 is 0 Å². The first-order chi connectivity index (χ1) is 15.0. The van der Waals surface area contributed by atoms with Gasteiger partial charge in [-0.05, 0) is 64.4 Å². The topological polar surface area (TPSA) is 54.7 Å². The van der Waals surface area contributed by atoms with Crippen LogP contribution in [0.25, 0.3) is 21.5 Å². The fourth-order valence-corrected chi connectivity index (χ4v) is 4.21. The molecule has 162 valence electrons. The molecule has 0 aliphatic rings. The van der Waals surface area contributed by atoms with E-state index in [-0.39, 0.29) is 0 Å². The van der Waals surface area contributed by atoms with Crippen LogP contribution in [0, 0.1) is 6.92 Å². The molecular formula is C25H28N2O4. The SMILES string of the molecule is CCc1nc(C)cn1Cc1cc2cc(OC)c(OC)cc2c2cc(OC)c(OC)cc12. The van der Waals surface area contributed by atoms with Gasteiger partial charge < -0.3 is 23.5 Å². The van der Waals surface area contributed by atoms with Crippen molar-refractivity contribution in [2.75, 3.05) is 28.4 Å². The summed E-state index contributed by atoms with van der Waals surface area (Å²) in [5.74, 6) is 3.86. The van der Waals surface area contributed by atoms with Crippen molar-refractivity contribution >= 4 is 21.5 Å². The molecule has 0 atom stereocenters. The summed E-state index contributed by atoms with van der Waals surface area (Å²) >= 11 is 0. The van der Waals surface area contributed by atoms with E-state index < -0.39 is 0 Å². The highest BCUT2D eigenvalue weighted by Crippen LogP contribution is 2.41. The van der Waals surface area contributed by atoms with Crippen molar-refractivity contribution in [3.8, 4) is 23.0 Å². The standard InChI is InChI=1S/C25H28N2O4/c1-7-25-26-15(2)13-27(25)14-17-8-16-9-21(28-3)22(29-4)10-18(16)20-12-24(31-6)23(30-5)11-19(17)20/h8-13H,7,14H2,1-6H3. The van der Waals surface area contributed by atoms with Crippen LogP contribution >= 0.6 is 0 Å². The first-order valence-electron chi connectivity index (χ1n) is 10.3. The third kappa shape index (κ3) is 3.63. The molecule has 0 aliphatic heterocycles. The fourth-order valence-electron chi connectivity index (χ4n) is 4.21. The lowest BCUT2D eigenvalue weighted by Crippen LogP contribution is -2.04. The van der Waals surface area contributed by atoms with Crippen LogP contribution in [0.4, 0.5) is 0 Å².